The molecule has 2 N–H and O–H groups in total. The lowest BCUT2D eigenvalue weighted by Gasteiger charge is -2.20. The van der Waals surface area contributed by atoms with Crippen LogP contribution in [-0.4, -0.2) is 53.1 Å². The molecular formula is C22H19ClN6O3. The van der Waals surface area contributed by atoms with E-state index in [2.05, 4.69) is 25.7 Å². The molecule has 3 aromatic rings. The van der Waals surface area contributed by atoms with Gasteiger partial charge in [0.05, 0.1) is 16.9 Å². The molecule has 0 spiro atoms. The van der Waals surface area contributed by atoms with Crippen molar-refractivity contribution in [2.75, 3.05) is 18.6 Å². The molecule has 0 unspecified atom stereocenters. The lowest BCUT2D eigenvalue weighted by molar-refractivity contribution is -0.124. The number of carbonyl (C=O) groups is 2. The van der Waals surface area contributed by atoms with E-state index in [1.165, 1.54) is 4.90 Å². The number of benzene rings is 2. The molecule has 10 heteroatoms. The maximum Gasteiger partial charge on any atom is 0.268 e. The van der Waals surface area contributed by atoms with Crippen LogP contribution in [-0.2, 0) is 16.0 Å². The molecule has 1 atom stereocenters. The molecule has 2 aliphatic heterocycles. The Labute approximate surface area is 188 Å². The van der Waals surface area contributed by atoms with Gasteiger partial charge in [0.2, 0.25) is 0 Å². The van der Waals surface area contributed by atoms with E-state index in [-0.39, 0.29) is 18.2 Å². The molecule has 0 aliphatic carbocycles. The summed E-state index contributed by atoms with van der Waals surface area (Å²) in [6.45, 7) is -0.0173. The van der Waals surface area contributed by atoms with E-state index in [1.54, 1.807) is 19.2 Å². The van der Waals surface area contributed by atoms with Gasteiger partial charge in [-0.15, -0.1) is 5.10 Å². The third kappa shape index (κ3) is 3.71. The summed E-state index contributed by atoms with van der Waals surface area (Å²) >= 11 is 6.13. The monoisotopic (exact) mass is 450 g/mol. The summed E-state index contributed by atoms with van der Waals surface area (Å²) in [5.41, 5.74) is 3.35. The quantitative estimate of drug-likeness (QED) is 0.635. The Hall–Kier alpha value is -3.72. The number of anilines is 1. The summed E-state index contributed by atoms with van der Waals surface area (Å²) in [5, 5.41) is 18.8. The first-order valence-corrected chi connectivity index (χ1v) is 10.4. The smallest absolute Gasteiger partial charge is 0.268 e. The minimum Gasteiger partial charge on any atom is -0.489 e. The van der Waals surface area contributed by atoms with Crippen molar-refractivity contribution in [2.45, 2.75) is 18.9 Å². The first-order valence-electron chi connectivity index (χ1n) is 10.0. The molecule has 0 saturated heterocycles. The number of carbonyl (C=O) groups excluding carboxylic acids is 2. The molecule has 32 heavy (non-hydrogen) atoms. The van der Waals surface area contributed by atoms with Crippen molar-refractivity contribution in [3.63, 3.8) is 0 Å². The average Bonchev–Trinajstić information content (AvgIpc) is 3.39. The Balaban J connectivity index is 1.26. The zero-order valence-electron chi connectivity index (χ0n) is 17.1. The number of rotatable bonds is 4. The Morgan fingerprint density at radius 2 is 2.09 bits per heavy atom. The number of aromatic nitrogens is 2. The molecule has 162 valence electrons. The van der Waals surface area contributed by atoms with Gasteiger partial charge in [-0.2, -0.15) is 10.2 Å². The van der Waals surface area contributed by atoms with Crippen molar-refractivity contribution in [3.05, 3.63) is 53.2 Å². The van der Waals surface area contributed by atoms with Crippen molar-refractivity contribution in [1.29, 1.82) is 0 Å². The molecule has 2 aromatic carbocycles. The van der Waals surface area contributed by atoms with Crippen LogP contribution in [0.5, 0.6) is 5.75 Å². The summed E-state index contributed by atoms with van der Waals surface area (Å²) < 4.78 is 5.84. The molecule has 2 aliphatic rings. The van der Waals surface area contributed by atoms with Crippen LogP contribution < -0.4 is 15.0 Å². The van der Waals surface area contributed by atoms with E-state index in [1.807, 2.05) is 30.3 Å². The fraction of sp³-hybridized carbons (Fsp3) is 0.227. The number of fused-ring (bicyclic) bond motifs is 2. The minimum atomic E-state index is -0.870. The summed E-state index contributed by atoms with van der Waals surface area (Å²) in [5.74, 6) is -0.253. The van der Waals surface area contributed by atoms with Crippen molar-refractivity contribution < 1.29 is 14.3 Å². The second-order valence-corrected chi connectivity index (χ2v) is 8.04. The van der Waals surface area contributed by atoms with E-state index in [9.17, 15) is 9.59 Å². The van der Waals surface area contributed by atoms with Crippen molar-refractivity contribution in [3.8, 4) is 5.75 Å². The molecule has 0 saturated carbocycles. The van der Waals surface area contributed by atoms with Gasteiger partial charge in [0.25, 0.3) is 11.8 Å². The van der Waals surface area contributed by atoms with Gasteiger partial charge in [0.1, 0.15) is 29.3 Å². The number of nitrogens with one attached hydrogen (secondary N) is 2. The number of amides is 2. The number of ether oxygens (including phenoxy) is 1. The Kier molecular flexibility index (Phi) is 5.10. The van der Waals surface area contributed by atoms with E-state index in [4.69, 9.17) is 16.3 Å². The first-order chi connectivity index (χ1) is 15.5. The maximum absolute atomic E-state index is 13.0. The highest BCUT2D eigenvalue weighted by molar-refractivity contribution is 6.43. The van der Waals surface area contributed by atoms with Gasteiger partial charge in [-0.1, -0.05) is 41.9 Å². The van der Waals surface area contributed by atoms with Crippen LogP contribution >= 0.6 is 11.6 Å². The van der Waals surface area contributed by atoms with Crippen LogP contribution in [0, 0.1) is 0 Å². The molecule has 9 nitrogen and oxygen atoms in total. The van der Waals surface area contributed by atoms with Gasteiger partial charge in [0, 0.05) is 31.3 Å². The van der Waals surface area contributed by atoms with Gasteiger partial charge < -0.3 is 15.0 Å². The largest absolute Gasteiger partial charge is 0.489 e. The number of hydrogen-bond acceptors (Lipinski definition) is 6. The van der Waals surface area contributed by atoms with Gasteiger partial charge in [-0.25, -0.2) is 0 Å². The lowest BCUT2D eigenvalue weighted by atomic mass is 10.0. The van der Waals surface area contributed by atoms with Gasteiger partial charge in [-0.05, 0) is 11.6 Å². The summed E-state index contributed by atoms with van der Waals surface area (Å²) in [6.07, 6.45) is 0.961. The second-order valence-electron chi connectivity index (χ2n) is 7.66. The zero-order valence-corrected chi connectivity index (χ0v) is 17.9. The fourth-order valence-electron chi connectivity index (χ4n) is 3.77. The van der Waals surface area contributed by atoms with Crippen LogP contribution in [0.1, 0.15) is 12.0 Å². The van der Waals surface area contributed by atoms with E-state index in [0.29, 0.717) is 40.3 Å². The molecule has 1 aromatic heterocycles. The van der Waals surface area contributed by atoms with Gasteiger partial charge in [0.15, 0.2) is 0 Å². The second kappa shape index (κ2) is 8.08. The topological polar surface area (TPSA) is 112 Å². The molecule has 2 amide bonds. The maximum atomic E-state index is 13.0. The molecule has 0 bridgehead atoms. The first kappa shape index (κ1) is 20.2. The number of aromatic amines is 1. The normalized spacial score (nSPS) is 18.0. The standard InChI is InChI=1S/C22H19ClN6O3/c1-29-18-9-14-15(26-28-20(14)23)10-19(18)32-11-17(22(29)31)24-21(30)16-8-13(25-27-16)7-12-5-3-2-4-6-12/h2-6,9-10,17H,7-8,11H2,1H3,(H,24,30)(H,26,28)/t17-/m0/s1. The summed E-state index contributed by atoms with van der Waals surface area (Å²) in [6, 6.07) is 12.4. The molecule has 5 rings (SSSR count). The third-order valence-electron chi connectivity index (χ3n) is 5.49. The Morgan fingerprint density at radius 1 is 1.28 bits per heavy atom. The van der Waals surface area contributed by atoms with Gasteiger partial charge >= 0.3 is 0 Å². The van der Waals surface area contributed by atoms with E-state index < -0.39 is 11.9 Å². The van der Waals surface area contributed by atoms with Crippen LogP contribution in [0.2, 0.25) is 5.15 Å². The van der Waals surface area contributed by atoms with Gasteiger partial charge in [-0.3, -0.25) is 14.7 Å². The molecular weight excluding hydrogens is 432 g/mol. The van der Waals surface area contributed by atoms with Crippen LogP contribution in [0.4, 0.5) is 5.69 Å². The SMILES string of the molecule is CN1C(=O)[C@@H](NC(=O)C2=NN=C(Cc3ccccc3)C2)COc2cc3n[nH]c(Cl)c3cc21. The number of halogens is 1. The third-order valence-corrected chi connectivity index (χ3v) is 5.77. The molecule has 0 radical (unpaired) electrons. The average molecular weight is 451 g/mol. The van der Waals surface area contributed by atoms with Crippen LogP contribution in [0.25, 0.3) is 10.9 Å². The van der Waals surface area contributed by atoms with E-state index in [0.717, 1.165) is 11.3 Å². The Morgan fingerprint density at radius 3 is 2.91 bits per heavy atom. The number of hydrogen-bond donors (Lipinski definition) is 2. The fourth-order valence-corrected chi connectivity index (χ4v) is 3.96. The highest BCUT2D eigenvalue weighted by Crippen LogP contribution is 2.36. The zero-order chi connectivity index (χ0) is 22.2. The van der Waals surface area contributed by atoms with Crippen molar-refractivity contribution in [1.82, 2.24) is 15.5 Å². The van der Waals surface area contributed by atoms with Crippen molar-refractivity contribution >= 4 is 51.4 Å². The van der Waals surface area contributed by atoms with E-state index >= 15 is 0 Å². The predicted octanol–water partition coefficient (Wildman–Crippen LogP) is 2.50. The summed E-state index contributed by atoms with van der Waals surface area (Å²) in [4.78, 5) is 27.2. The van der Waals surface area contributed by atoms with Crippen molar-refractivity contribution in [2.24, 2.45) is 10.2 Å². The predicted molar refractivity (Wildman–Crippen MR) is 122 cm³/mol. The summed E-state index contributed by atoms with van der Waals surface area (Å²) in [7, 11) is 1.63. The van der Waals surface area contributed by atoms with Crippen LogP contribution in [0.3, 0.4) is 0 Å². The van der Waals surface area contributed by atoms with Crippen LogP contribution in [0.15, 0.2) is 52.7 Å². The highest BCUT2D eigenvalue weighted by Gasteiger charge is 2.33. The minimum absolute atomic E-state index is 0.0173. The molecule has 3 heterocycles. The lowest BCUT2D eigenvalue weighted by Crippen LogP contribution is -2.51. The Bertz CT molecular complexity index is 1280. The number of likely N-dealkylation sites (N-methyl/N-ethyl adjacent to an activating group) is 1. The molecule has 0 fully saturated rings. The number of nitrogens with zero attached hydrogens (tertiary/aromatic N) is 4. The highest BCUT2D eigenvalue weighted by atomic mass is 35.5. The number of H-pyrrole nitrogens is 1.